The van der Waals surface area contributed by atoms with Crippen molar-refractivity contribution >= 4 is 22.8 Å². The molecule has 0 spiro atoms. The molecule has 0 saturated carbocycles. The summed E-state index contributed by atoms with van der Waals surface area (Å²) in [5.41, 5.74) is 5.00. The molecule has 0 saturated heterocycles. The van der Waals surface area contributed by atoms with E-state index in [2.05, 4.69) is 10.3 Å². The molecule has 0 amide bonds. The summed E-state index contributed by atoms with van der Waals surface area (Å²) >= 11 is 0. The fraction of sp³-hybridized carbons (Fsp3) is 0.214. The topological polar surface area (TPSA) is 101 Å². The van der Waals surface area contributed by atoms with Crippen LogP contribution in [0.15, 0.2) is 83.3 Å². The van der Waals surface area contributed by atoms with Crippen LogP contribution in [0.1, 0.15) is 32.3 Å². The number of nitrogens with zero attached hydrogens (tertiary/aromatic N) is 2. The first kappa shape index (κ1) is 23.7. The number of ether oxygens (including phenoxy) is 2. The molecule has 3 aromatic rings. The van der Waals surface area contributed by atoms with Crippen LogP contribution in [0.2, 0.25) is 0 Å². The van der Waals surface area contributed by atoms with E-state index in [0.29, 0.717) is 22.5 Å². The van der Waals surface area contributed by atoms with Gasteiger partial charge in [0.15, 0.2) is 6.10 Å². The largest absolute Gasteiger partial charge is 0.466 e. The number of hydrogen-bond acceptors (Lipinski definition) is 7. The molecular weight excluding hydrogens is 442 g/mol. The first-order chi connectivity index (χ1) is 16.8. The van der Waals surface area contributed by atoms with Crippen molar-refractivity contribution in [2.75, 3.05) is 7.11 Å². The van der Waals surface area contributed by atoms with E-state index >= 15 is 0 Å². The molecule has 7 nitrogen and oxygen atoms in total. The second-order valence-electron chi connectivity index (χ2n) is 8.31. The number of benzene rings is 2. The first-order valence-electron chi connectivity index (χ1n) is 11.2. The number of nitriles is 1. The van der Waals surface area contributed by atoms with Gasteiger partial charge in [-0.3, -0.25) is 4.98 Å². The predicted molar refractivity (Wildman–Crippen MR) is 132 cm³/mol. The van der Waals surface area contributed by atoms with Crippen molar-refractivity contribution in [3.8, 4) is 17.2 Å². The lowest BCUT2D eigenvalue weighted by Crippen LogP contribution is -2.33. The smallest absolute Gasteiger partial charge is 0.338 e. The number of nitrogens with one attached hydrogen (secondary N) is 1. The van der Waals surface area contributed by atoms with Gasteiger partial charge in [0.2, 0.25) is 0 Å². The van der Waals surface area contributed by atoms with Crippen molar-refractivity contribution in [2.45, 2.75) is 32.8 Å². The molecule has 2 atom stereocenters. The summed E-state index contributed by atoms with van der Waals surface area (Å²) in [5.74, 6) is -2.01. The number of aromatic nitrogens is 1. The standard InChI is InChI=1S/C28H25N3O4/c1-16(14-29)35-28(33)25-18(3)31-17(2)24(27(32)34-4)26(25)21-11-8-12-23-22(21)13-20(15-30-23)19-9-6-5-7-10-19/h5-13,15-16,26,31H,1-4H3. The molecule has 1 aliphatic heterocycles. The molecular formula is C28H25N3O4. The maximum Gasteiger partial charge on any atom is 0.338 e. The number of carbonyl (C=O) groups is 2. The molecule has 2 heterocycles. The van der Waals surface area contributed by atoms with E-state index < -0.39 is 24.0 Å². The number of rotatable bonds is 5. The Balaban J connectivity index is 1.97. The number of carbonyl (C=O) groups excluding carboxylic acids is 2. The minimum atomic E-state index is -0.948. The predicted octanol–water partition coefficient (Wildman–Crippen LogP) is 4.76. The molecule has 0 radical (unpaired) electrons. The molecule has 1 N–H and O–H groups in total. The average molecular weight is 468 g/mol. The van der Waals surface area contributed by atoms with Crippen LogP contribution >= 0.6 is 0 Å². The van der Waals surface area contributed by atoms with Crippen molar-refractivity contribution in [1.29, 1.82) is 5.26 Å². The molecule has 0 aliphatic carbocycles. The number of allylic oxidation sites excluding steroid dienone is 2. The van der Waals surface area contributed by atoms with Gasteiger partial charge in [-0.05, 0) is 44.0 Å². The molecule has 4 rings (SSSR count). The molecule has 1 aromatic heterocycles. The Labute approximate surface area is 203 Å². The Morgan fingerprint density at radius 1 is 1.00 bits per heavy atom. The van der Waals surface area contributed by atoms with Crippen LogP contribution in [0.3, 0.4) is 0 Å². The van der Waals surface area contributed by atoms with Gasteiger partial charge < -0.3 is 14.8 Å². The van der Waals surface area contributed by atoms with E-state index in [0.717, 1.165) is 22.0 Å². The molecule has 176 valence electrons. The monoisotopic (exact) mass is 467 g/mol. The fourth-order valence-electron chi connectivity index (χ4n) is 4.42. The Bertz CT molecular complexity index is 1420. The Morgan fingerprint density at radius 3 is 2.34 bits per heavy atom. The van der Waals surface area contributed by atoms with Crippen LogP contribution < -0.4 is 5.32 Å². The van der Waals surface area contributed by atoms with Gasteiger partial charge in [-0.25, -0.2) is 9.59 Å². The number of fused-ring (bicyclic) bond motifs is 1. The van der Waals surface area contributed by atoms with E-state index in [1.807, 2.05) is 60.7 Å². The van der Waals surface area contributed by atoms with Crippen LogP contribution in [-0.4, -0.2) is 30.1 Å². The summed E-state index contributed by atoms with van der Waals surface area (Å²) in [7, 11) is 1.30. The number of pyridine rings is 1. The van der Waals surface area contributed by atoms with Gasteiger partial charge in [0.25, 0.3) is 0 Å². The van der Waals surface area contributed by atoms with Crippen LogP contribution in [0.25, 0.3) is 22.0 Å². The summed E-state index contributed by atoms with van der Waals surface area (Å²) in [4.78, 5) is 30.9. The van der Waals surface area contributed by atoms with Gasteiger partial charge in [0.05, 0.1) is 29.7 Å². The number of esters is 2. The van der Waals surface area contributed by atoms with Gasteiger partial charge in [-0.2, -0.15) is 5.26 Å². The summed E-state index contributed by atoms with van der Waals surface area (Å²) in [6.07, 6.45) is 0.854. The number of dihydropyridines is 1. The van der Waals surface area contributed by atoms with Crippen LogP contribution in [0.4, 0.5) is 0 Å². The fourth-order valence-corrected chi connectivity index (χ4v) is 4.42. The second kappa shape index (κ2) is 9.82. The highest BCUT2D eigenvalue weighted by atomic mass is 16.5. The SMILES string of the molecule is COC(=O)C1=C(C)NC(C)=C(C(=O)OC(C)C#N)C1c1cccc2ncc(-c3ccccc3)cc12. The van der Waals surface area contributed by atoms with Crippen molar-refractivity contribution in [3.05, 3.63) is 88.9 Å². The van der Waals surface area contributed by atoms with Gasteiger partial charge in [-0.1, -0.05) is 42.5 Å². The molecule has 0 fully saturated rings. The lowest BCUT2D eigenvalue weighted by Gasteiger charge is -2.31. The summed E-state index contributed by atoms with van der Waals surface area (Å²) in [6, 6.07) is 19.4. The summed E-state index contributed by atoms with van der Waals surface area (Å²) in [5, 5.41) is 13.1. The molecule has 2 unspecified atom stereocenters. The molecule has 1 aliphatic rings. The molecule has 7 heteroatoms. The van der Waals surface area contributed by atoms with E-state index in [1.54, 1.807) is 20.0 Å². The molecule has 2 aromatic carbocycles. The maximum atomic E-state index is 13.3. The Hall–Kier alpha value is -4.44. The highest BCUT2D eigenvalue weighted by molar-refractivity contribution is 6.02. The molecule has 35 heavy (non-hydrogen) atoms. The van der Waals surface area contributed by atoms with Gasteiger partial charge in [0, 0.05) is 28.5 Å². The zero-order valence-corrected chi connectivity index (χ0v) is 20.0. The lowest BCUT2D eigenvalue weighted by molar-refractivity contribution is -0.141. The quantitative estimate of drug-likeness (QED) is 0.540. The maximum absolute atomic E-state index is 13.3. The van der Waals surface area contributed by atoms with Gasteiger partial charge in [-0.15, -0.1) is 0 Å². The van der Waals surface area contributed by atoms with Crippen LogP contribution in [0.5, 0.6) is 0 Å². The zero-order valence-electron chi connectivity index (χ0n) is 20.0. The van der Waals surface area contributed by atoms with Crippen molar-refractivity contribution in [1.82, 2.24) is 10.3 Å². The van der Waals surface area contributed by atoms with Crippen LogP contribution in [0, 0.1) is 11.3 Å². The number of hydrogen-bond donors (Lipinski definition) is 1. The third-order valence-corrected chi connectivity index (χ3v) is 6.03. The van der Waals surface area contributed by atoms with E-state index in [1.165, 1.54) is 14.0 Å². The normalized spacial score (nSPS) is 16.4. The van der Waals surface area contributed by atoms with Gasteiger partial charge >= 0.3 is 11.9 Å². The Morgan fingerprint density at radius 2 is 1.69 bits per heavy atom. The highest BCUT2D eigenvalue weighted by Crippen LogP contribution is 2.42. The van der Waals surface area contributed by atoms with Crippen LogP contribution in [-0.2, 0) is 19.1 Å². The van der Waals surface area contributed by atoms with Crippen molar-refractivity contribution in [3.63, 3.8) is 0 Å². The average Bonchev–Trinajstić information content (AvgIpc) is 2.87. The van der Waals surface area contributed by atoms with E-state index in [9.17, 15) is 14.9 Å². The second-order valence-corrected chi connectivity index (χ2v) is 8.31. The third kappa shape index (κ3) is 4.51. The van der Waals surface area contributed by atoms with E-state index in [4.69, 9.17) is 9.47 Å². The minimum absolute atomic E-state index is 0.246. The summed E-state index contributed by atoms with van der Waals surface area (Å²) in [6.45, 7) is 5.01. The molecule has 0 bridgehead atoms. The highest BCUT2D eigenvalue weighted by Gasteiger charge is 2.39. The first-order valence-corrected chi connectivity index (χ1v) is 11.2. The van der Waals surface area contributed by atoms with Crippen molar-refractivity contribution in [2.24, 2.45) is 0 Å². The van der Waals surface area contributed by atoms with Crippen molar-refractivity contribution < 1.29 is 19.1 Å². The number of methoxy groups -OCH3 is 1. The Kier molecular flexibility index (Phi) is 6.65. The lowest BCUT2D eigenvalue weighted by atomic mass is 9.79. The zero-order chi connectivity index (χ0) is 25.1. The minimum Gasteiger partial charge on any atom is -0.466 e. The summed E-state index contributed by atoms with van der Waals surface area (Å²) < 4.78 is 10.5. The third-order valence-electron chi connectivity index (χ3n) is 6.03. The van der Waals surface area contributed by atoms with E-state index in [-0.39, 0.29) is 5.57 Å². The van der Waals surface area contributed by atoms with Gasteiger partial charge in [0.1, 0.15) is 6.07 Å².